The molecule has 0 bridgehead atoms. The zero-order valence-electron chi connectivity index (χ0n) is 10.2. The van der Waals surface area contributed by atoms with Crippen LogP contribution >= 0.6 is 43.2 Å². The van der Waals surface area contributed by atoms with Gasteiger partial charge >= 0.3 is 0 Å². The summed E-state index contributed by atoms with van der Waals surface area (Å²) in [6, 6.07) is 9.90. The maximum Gasteiger partial charge on any atom is 0.187 e. The first-order chi connectivity index (χ1) is 9.72. The monoisotopic (exact) mass is 409 g/mol. The Hall–Kier alpha value is -1.24. The van der Waals surface area contributed by atoms with Crippen molar-refractivity contribution in [1.29, 1.82) is 0 Å². The first-order valence-electron chi connectivity index (χ1n) is 5.80. The second-order valence-corrected chi connectivity index (χ2v) is 6.66. The fourth-order valence-corrected chi connectivity index (χ4v) is 3.56. The molecule has 0 unspecified atom stereocenters. The summed E-state index contributed by atoms with van der Waals surface area (Å²) in [5, 5.41) is 6.18. The number of hydrogen-bond acceptors (Lipinski definition) is 4. The van der Waals surface area contributed by atoms with E-state index in [9.17, 15) is 0 Å². The minimum absolute atomic E-state index is 0.854. The van der Waals surface area contributed by atoms with Gasteiger partial charge in [-0.15, -0.1) is 11.3 Å². The fraction of sp³-hybridized carbons (Fsp3) is 0. The average molecular weight is 411 g/mol. The van der Waals surface area contributed by atoms with Gasteiger partial charge in [0.25, 0.3) is 0 Å². The van der Waals surface area contributed by atoms with Gasteiger partial charge in [-0.1, -0.05) is 15.9 Å². The second kappa shape index (κ2) is 6.03. The van der Waals surface area contributed by atoms with E-state index in [1.54, 1.807) is 17.5 Å². The molecule has 0 aliphatic carbocycles. The summed E-state index contributed by atoms with van der Waals surface area (Å²) in [6.45, 7) is 0. The van der Waals surface area contributed by atoms with Crippen molar-refractivity contribution in [2.45, 2.75) is 0 Å². The van der Waals surface area contributed by atoms with E-state index >= 15 is 0 Å². The Bertz CT molecular complexity index is 728. The molecular formula is C14H9Br2N3S. The third kappa shape index (κ3) is 3.08. The highest BCUT2D eigenvalue weighted by molar-refractivity contribution is 9.11. The summed E-state index contributed by atoms with van der Waals surface area (Å²) in [5.74, 6) is 0. The zero-order valence-corrected chi connectivity index (χ0v) is 14.2. The smallest absolute Gasteiger partial charge is 0.187 e. The van der Waals surface area contributed by atoms with Gasteiger partial charge in [0.05, 0.1) is 11.4 Å². The molecule has 3 aromatic rings. The SMILES string of the molecule is Brc1ccc(Nc2nc(-c3cccnc3)cs2)c(Br)c1. The van der Waals surface area contributed by atoms with E-state index in [0.29, 0.717) is 0 Å². The Morgan fingerprint density at radius 2 is 2.05 bits per heavy atom. The van der Waals surface area contributed by atoms with Crippen LogP contribution in [0.4, 0.5) is 10.8 Å². The van der Waals surface area contributed by atoms with Crippen molar-refractivity contribution in [3.8, 4) is 11.3 Å². The predicted molar refractivity (Wildman–Crippen MR) is 90.5 cm³/mol. The molecule has 6 heteroatoms. The summed E-state index contributed by atoms with van der Waals surface area (Å²) >= 11 is 8.54. The van der Waals surface area contributed by atoms with Crippen LogP contribution in [0.25, 0.3) is 11.3 Å². The Labute approximate surface area is 137 Å². The molecule has 1 aromatic carbocycles. The van der Waals surface area contributed by atoms with Crippen LogP contribution in [0.2, 0.25) is 0 Å². The number of thiazole rings is 1. The maximum atomic E-state index is 4.57. The van der Waals surface area contributed by atoms with E-state index in [2.05, 4.69) is 47.1 Å². The molecule has 3 rings (SSSR count). The topological polar surface area (TPSA) is 37.8 Å². The molecule has 2 heterocycles. The molecule has 20 heavy (non-hydrogen) atoms. The molecule has 0 spiro atoms. The van der Waals surface area contributed by atoms with E-state index in [-0.39, 0.29) is 0 Å². The van der Waals surface area contributed by atoms with Gasteiger partial charge in [0.1, 0.15) is 0 Å². The molecule has 2 aromatic heterocycles. The highest BCUT2D eigenvalue weighted by Gasteiger charge is 2.06. The highest BCUT2D eigenvalue weighted by Crippen LogP contribution is 2.31. The lowest BCUT2D eigenvalue weighted by Gasteiger charge is -2.05. The third-order valence-corrected chi connectivity index (χ3v) is 4.54. The summed E-state index contributed by atoms with van der Waals surface area (Å²) in [5.41, 5.74) is 2.94. The van der Waals surface area contributed by atoms with Crippen LogP contribution in [-0.2, 0) is 0 Å². The summed E-state index contributed by atoms with van der Waals surface area (Å²) in [7, 11) is 0. The molecule has 1 N–H and O–H groups in total. The van der Waals surface area contributed by atoms with Crippen LogP contribution < -0.4 is 5.32 Å². The van der Waals surface area contributed by atoms with Crippen molar-refractivity contribution in [3.63, 3.8) is 0 Å². The zero-order chi connectivity index (χ0) is 13.9. The summed E-state index contributed by atoms with van der Waals surface area (Å²) in [6.07, 6.45) is 3.57. The molecule has 0 saturated heterocycles. The van der Waals surface area contributed by atoms with Gasteiger partial charge in [-0.05, 0) is 46.3 Å². The van der Waals surface area contributed by atoms with Gasteiger partial charge in [0.15, 0.2) is 5.13 Å². The molecule has 0 atom stereocenters. The minimum Gasteiger partial charge on any atom is -0.331 e. The first-order valence-corrected chi connectivity index (χ1v) is 8.27. The van der Waals surface area contributed by atoms with Gasteiger partial charge in [0, 0.05) is 32.3 Å². The Kier molecular flexibility index (Phi) is 4.14. The maximum absolute atomic E-state index is 4.57. The van der Waals surface area contributed by atoms with E-state index < -0.39 is 0 Å². The third-order valence-electron chi connectivity index (χ3n) is 2.63. The summed E-state index contributed by atoms with van der Waals surface area (Å²) in [4.78, 5) is 8.68. The van der Waals surface area contributed by atoms with Crippen LogP contribution in [0.5, 0.6) is 0 Å². The molecule has 0 fully saturated rings. The highest BCUT2D eigenvalue weighted by atomic mass is 79.9. The van der Waals surface area contributed by atoms with E-state index in [4.69, 9.17) is 0 Å². The normalized spacial score (nSPS) is 10.5. The number of benzene rings is 1. The van der Waals surface area contributed by atoms with Crippen molar-refractivity contribution < 1.29 is 0 Å². The number of anilines is 2. The quantitative estimate of drug-likeness (QED) is 0.621. The first kappa shape index (κ1) is 13.7. The number of aromatic nitrogens is 2. The minimum atomic E-state index is 0.854. The molecule has 3 nitrogen and oxygen atoms in total. The van der Waals surface area contributed by atoms with Crippen LogP contribution in [0.1, 0.15) is 0 Å². The Morgan fingerprint density at radius 3 is 2.80 bits per heavy atom. The van der Waals surface area contributed by atoms with Gasteiger partial charge in [-0.2, -0.15) is 0 Å². The van der Waals surface area contributed by atoms with Gasteiger partial charge in [-0.3, -0.25) is 4.98 Å². The van der Waals surface area contributed by atoms with Gasteiger partial charge < -0.3 is 5.32 Å². The van der Waals surface area contributed by atoms with Crippen molar-refractivity contribution in [2.24, 2.45) is 0 Å². The molecule has 0 amide bonds. The number of nitrogens with zero attached hydrogens (tertiary/aromatic N) is 2. The van der Waals surface area contributed by atoms with Crippen molar-refractivity contribution in [2.75, 3.05) is 5.32 Å². The van der Waals surface area contributed by atoms with E-state index in [1.165, 1.54) is 0 Å². The lowest BCUT2D eigenvalue weighted by Crippen LogP contribution is -1.90. The molecule has 0 aliphatic heterocycles. The van der Waals surface area contributed by atoms with E-state index in [0.717, 1.165) is 31.0 Å². The number of pyridine rings is 1. The predicted octanol–water partition coefficient (Wildman–Crippen LogP) is 5.47. The van der Waals surface area contributed by atoms with Crippen molar-refractivity contribution in [3.05, 3.63) is 57.1 Å². The van der Waals surface area contributed by atoms with Gasteiger partial charge in [0.2, 0.25) is 0 Å². The van der Waals surface area contributed by atoms with Crippen LogP contribution in [0, 0.1) is 0 Å². The second-order valence-electron chi connectivity index (χ2n) is 4.03. The van der Waals surface area contributed by atoms with Crippen LogP contribution in [-0.4, -0.2) is 9.97 Å². The number of nitrogens with one attached hydrogen (secondary N) is 1. The fourth-order valence-electron chi connectivity index (χ4n) is 1.68. The lowest BCUT2D eigenvalue weighted by molar-refractivity contribution is 1.30. The molecule has 0 saturated carbocycles. The Morgan fingerprint density at radius 1 is 1.15 bits per heavy atom. The standard InChI is InChI=1S/C14H9Br2N3S/c15-10-3-4-12(11(16)6-10)18-14-19-13(8-20-14)9-2-1-5-17-7-9/h1-8H,(H,18,19). The van der Waals surface area contributed by atoms with Crippen molar-refractivity contribution in [1.82, 2.24) is 9.97 Å². The van der Waals surface area contributed by atoms with E-state index in [1.807, 2.05) is 41.9 Å². The van der Waals surface area contributed by atoms with Crippen LogP contribution in [0.3, 0.4) is 0 Å². The molecule has 100 valence electrons. The Balaban J connectivity index is 1.84. The number of rotatable bonds is 3. The number of halogens is 2. The van der Waals surface area contributed by atoms with Crippen molar-refractivity contribution >= 4 is 54.0 Å². The van der Waals surface area contributed by atoms with Gasteiger partial charge in [-0.25, -0.2) is 4.98 Å². The lowest BCUT2D eigenvalue weighted by atomic mass is 10.2. The summed E-state index contributed by atoms with van der Waals surface area (Å²) < 4.78 is 2.02. The number of hydrogen-bond donors (Lipinski definition) is 1. The van der Waals surface area contributed by atoms with Crippen LogP contribution in [0.15, 0.2) is 57.1 Å². The largest absolute Gasteiger partial charge is 0.331 e. The average Bonchev–Trinajstić information content (AvgIpc) is 2.92. The molecule has 0 radical (unpaired) electrons. The molecular weight excluding hydrogens is 402 g/mol. The molecule has 0 aliphatic rings.